The molecule has 0 aliphatic carbocycles. The van der Waals surface area contributed by atoms with Crippen LogP contribution >= 0.6 is 0 Å². The molecule has 0 spiro atoms. The molecule has 2 N–H and O–H groups in total. The van der Waals surface area contributed by atoms with Gasteiger partial charge in [-0.2, -0.15) is 0 Å². The fourth-order valence-corrected chi connectivity index (χ4v) is 1.82. The molecule has 0 unspecified atom stereocenters. The number of nitrogen functional groups attached to an aromatic ring is 1. The third-order valence-corrected chi connectivity index (χ3v) is 3.05. The van der Waals surface area contributed by atoms with Crippen LogP contribution in [0.3, 0.4) is 0 Å². The molecule has 0 radical (unpaired) electrons. The molecule has 0 saturated carbocycles. The van der Waals surface area contributed by atoms with Gasteiger partial charge in [0.15, 0.2) is 5.82 Å². The van der Waals surface area contributed by atoms with Crippen LogP contribution in [0.25, 0.3) is 0 Å². The highest BCUT2D eigenvalue weighted by Crippen LogP contribution is 2.21. The van der Waals surface area contributed by atoms with Crippen molar-refractivity contribution in [2.45, 2.75) is 26.4 Å². The van der Waals surface area contributed by atoms with Crippen molar-refractivity contribution in [1.29, 1.82) is 0 Å². The standard InChI is InChI=1S/C16H18FNO/c1-11(2)12-6-8-14(9-7-12)19-10-13-4-3-5-15(18)16(13)17/h3-9,11H,10,18H2,1-2H3. The third-order valence-electron chi connectivity index (χ3n) is 3.05. The van der Waals surface area contributed by atoms with Gasteiger partial charge in [0.25, 0.3) is 0 Å². The van der Waals surface area contributed by atoms with Gasteiger partial charge in [0, 0.05) is 5.56 Å². The normalized spacial score (nSPS) is 10.7. The molecule has 100 valence electrons. The molecule has 2 nitrogen and oxygen atoms in total. The summed E-state index contributed by atoms with van der Waals surface area (Å²) in [5.74, 6) is 0.813. The lowest BCUT2D eigenvalue weighted by Crippen LogP contribution is -2.01. The molecule has 0 amide bonds. The van der Waals surface area contributed by atoms with Crippen LogP contribution in [0.4, 0.5) is 10.1 Å². The maximum atomic E-state index is 13.7. The Labute approximate surface area is 113 Å². The molecule has 0 atom stereocenters. The fourth-order valence-electron chi connectivity index (χ4n) is 1.82. The molecule has 0 aromatic heterocycles. The third kappa shape index (κ3) is 3.25. The Morgan fingerprint density at radius 3 is 2.42 bits per heavy atom. The fraction of sp³-hybridized carbons (Fsp3) is 0.250. The molecular formula is C16H18FNO. The molecule has 0 fully saturated rings. The topological polar surface area (TPSA) is 35.2 Å². The van der Waals surface area contributed by atoms with E-state index in [1.165, 1.54) is 11.6 Å². The first kappa shape index (κ1) is 13.4. The number of hydrogen-bond acceptors (Lipinski definition) is 2. The highest BCUT2D eigenvalue weighted by molar-refractivity contribution is 5.42. The highest BCUT2D eigenvalue weighted by atomic mass is 19.1. The molecule has 2 rings (SSSR count). The van der Waals surface area contributed by atoms with E-state index in [4.69, 9.17) is 10.5 Å². The Balaban J connectivity index is 2.04. The summed E-state index contributed by atoms with van der Waals surface area (Å²) < 4.78 is 19.2. The van der Waals surface area contributed by atoms with Gasteiger partial charge in [0.1, 0.15) is 12.4 Å². The zero-order valence-corrected chi connectivity index (χ0v) is 11.2. The summed E-state index contributed by atoms with van der Waals surface area (Å²) >= 11 is 0. The van der Waals surface area contributed by atoms with Crippen LogP contribution < -0.4 is 10.5 Å². The van der Waals surface area contributed by atoms with Crippen molar-refractivity contribution in [2.75, 3.05) is 5.73 Å². The van der Waals surface area contributed by atoms with E-state index in [-0.39, 0.29) is 12.3 Å². The van der Waals surface area contributed by atoms with E-state index >= 15 is 0 Å². The van der Waals surface area contributed by atoms with Crippen LogP contribution in [0.5, 0.6) is 5.75 Å². The van der Waals surface area contributed by atoms with Crippen molar-refractivity contribution < 1.29 is 9.13 Å². The number of ether oxygens (including phenoxy) is 1. The second-order valence-electron chi connectivity index (χ2n) is 4.83. The second kappa shape index (κ2) is 5.74. The Morgan fingerprint density at radius 1 is 1.11 bits per heavy atom. The number of halogens is 1. The van der Waals surface area contributed by atoms with Crippen LogP contribution in [0.1, 0.15) is 30.9 Å². The van der Waals surface area contributed by atoms with E-state index in [0.717, 1.165) is 5.75 Å². The molecule has 0 heterocycles. The Morgan fingerprint density at radius 2 is 1.79 bits per heavy atom. The lowest BCUT2D eigenvalue weighted by Gasteiger charge is -2.10. The zero-order valence-electron chi connectivity index (χ0n) is 11.2. The van der Waals surface area contributed by atoms with E-state index in [1.54, 1.807) is 12.1 Å². The summed E-state index contributed by atoms with van der Waals surface area (Å²) in [6.07, 6.45) is 0. The van der Waals surface area contributed by atoms with E-state index in [9.17, 15) is 4.39 Å². The first-order valence-electron chi connectivity index (χ1n) is 6.33. The second-order valence-corrected chi connectivity index (χ2v) is 4.83. The number of rotatable bonds is 4. The average molecular weight is 259 g/mol. The smallest absolute Gasteiger partial charge is 0.152 e. The predicted molar refractivity (Wildman–Crippen MR) is 75.7 cm³/mol. The van der Waals surface area contributed by atoms with Gasteiger partial charge in [0.05, 0.1) is 5.69 Å². The number of nitrogens with two attached hydrogens (primary N) is 1. The minimum absolute atomic E-state index is 0.149. The first-order chi connectivity index (χ1) is 9.08. The van der Waals surface area contributed by atoms with Crippen LogP contribution in [0.15, 0.2) is 42.5 Å². The maximum absolute atomic E-state index is 13.7. The lowest BCUT2D eigenvalue weighted by atomic mass is 10.0. The van der Waals surface area contributed by atoms with Crippen molar-refractivity contribution >= 4 is 5.69 Å². The lowest BCUT2D eigenvalue weighted by molar-refractivity contribution is 0.300. The van der Waals surface area contributed by atoms with Gasteiger partial charge < -0.3 is 10.5 Å². The van der Waals surface area contributed by atoms with Gasteiger partial charge in [-0.3, -0.25) is 0 Å². The Bertz CT molecular complexity index is 549. The minimum Gasteiger partial charge on any atom is -0.489 e. The van der Waals surface area contributed by atoms with E-state index in [2.05, 4.69) is 13.8 Å². The molecule has 2 aromatic carbocycles. The van der Waals surface area contributed by atoms with E-state index in [1.807, 2.05) is 24.3 Å². The molecular weight excluding hydrogens is 241 g/mol. The van der Waals surface area contributed by atoms with Gasteiger partial charge >= 0.3 is 0 Å². The maximum Gasteiger partial charge on any atom is 0.152 e. The summed E-state index contributed by atoms with van der Waals surface area (Å²) in [4.78, 5) is 0. The van der Waals surface area contributed by atoms with Gasteiger partial charge in [-0.05, 0) is 29.7 Å². The van der Waals surface area contributed by atoms with Gasteiger partial charge in [-0.25, -0.2) is 4.39 Å². The van der Waals surface area contributed by atoms with Crippen molar-refractivity contribution in [3.63, 3.8) is 0 Å². The molecule has 0 aliphatic heterocycles. The summed E-state index contributed by atoms with van der Waals surface area (Å²) in [5, 5.41) is 0. The van der Waals surface area contributed by atoms with E-state index < -0.39 is 5.82 Å². The number of benzene rings is 2. The minimum atomic E-state index is -0.402. The summed E-state index contributed by atoms with van der Waals surface area (Å²) in [5.41, 5.74) is 7.38. The van der Waals surface area contributed by atoms with E-state index in [0.29, 0.717) is 11.5 Å². The first-order valence-corrected chi connectivity index (χ1v) is 6.33. The van der Waals surface area contributed by atoms with Gasteiger partial charge in [-0.1, -0.05) is 38.1 Å². The molecule has 19 heavy (non-hydrogen) atoms. The monoisotopic (exact) mass is 259 g/mol. The summed E-state index contributed by atoms with van der Waals surface area (Å²) in [6, 6.07) is 12.8. The SMILES string of the molecule is CC(C)c1ccc(OCc2cccc(N)c2F)cc1. The Kier molecular flexibility index (Phi) is 4.05. The van der Waals surface area contributed by atoms with Crippen LogP contribution in [0.2, 0.25) is 0 Å². The van der Waals surface area contributed by atoms with Crippen molar-refractivity contribution in [3.05, 3.63) is 59.4 Å². The van der Waals surface area contributed by atoms with Crippen molar-refractivity contribution in [1.82, 2.24) is 0 Å². The summed E-state index contributed by atoms with van der Waals surface area (Å²) in [6.45, 7) is 4.45. The molecule has 0 bridgehead atoms. The van der Waals surface area contributed by atoms with Crippen LogP contribution in [-0.4, -0.2) is 0 Å². The highest BCUT2D eigenvalue weighted by Gasteiger charge is 2.06. The van der Waals surface area contributed by atoms with Crippen molar-refractivity contribution in [3.8, 4) is 5.75 Å². The quantitative estimate of drug-likeness (QED) is 0.839. The molecule has 3 heteroatoms. The largest absolute Gasteiger partial charge is 0.489 e. The predicted octanol–water partition coefficient (Wildman–Crippen LogP) is 4.11. The van der Waals surface area contributed by atoms with Crippen LogP contribution in [-0.2, 0) is 6.61 Å². The number of hydrogen-bond donors (Lipinski definition) is 1. The Hall–Kier alpha value is -2.03. The number of anilines is 1. The molecule has 0 aliphatic rings. The summed E-state index contributed by atoms with van der Waals surface area (Å²) in [7, 11) is 0. The van der Waals surface area contributed by atoms with Gasteiger partial charge in [0.2, 0.25) is 0 Å². The van der Waals surface area contributed by atoms with Gasteiger partial charge in [-0.15, -0.1) is 0 Å². The molecule has 0 saturated heterocycles. The van der Waals surface area contributed by atoms with Crippen molar-refractivity contribution in [2.24, 2.45) is 0 Å². The average Bonchev–Trinajstić information content (AvgIpc) is 2.41. The zero-order chi connectivity index (χ0) is 13.8. The van der Waals surface area contributed by atoms with Crippen LogP contribution in [0, 0.1) is 5.82 Å². The molecule has 2 aromatic rings.